The van der Waals surface area contributed by atoms with Crippen molar-refractivity contribution in [2.24, 2.45) is 4.99 Å². The van der Waals surface area contributed by atoms with Crippen LogP contribution in [-0.2, 0) is 11.2 Å². The Bertz CT molecular complexity index is 435. The van der Waals surface area contributed by atoms with Crippen molar-refractivity contribution in [3.05, 3.63) is 29.8 Å². The molecule has 0 aliphatic carbocycles. The van der Waals surface area contributed by atoms with Crippen molar-refractivity contribution >= 4 is 35.6 Å². The van der Waals surface area contributed by atoms with Gasteiger partial charge in [-0.3, -0.25) is 4.99 Å². The largest absolute Gasteiger partial charge is 0.382 e. The molecular weight excluding hydrogens is 403 g/mol. The van der Waals surface area contributed by atoms with Gasteiger partial charge in [0.15, 0.2) is 5.96 Å². The Morgan fingerprint density at radius 3 is 2.35 bits per heavy atom. The van der Waals surface area contributed by atoms with Gasteiger partial charge in [0, 0.05) is 53.1 Å². The molecule has 1 rings (SSSR count). The Hall–Kier alpha value is -1.02. The van der Waals surface area contributed by atoms with Gasteiger partial charge in [-0.15, -0.1) is 24.0 Å². The van der Waals surface area contributed by atoms with E-state index < -0.39 is 0 Å². The van der Waals surface area contributed by atoms with Gasteiger partial charge >= 0.3 is 0 Å². The fourth-order valence-electron chi connectivity index (χ4n) is 2.03. The molecule has 6 heteroatoms. The van der Waals surface area contributed by atoms with Gasteiger partial charge in [-0.05, 0) is 37.5 Å². The summed E-state index contributed by atoms with van der Waals surface area (Å²) in [5.41, 5.74) is 2.55. The summed E-state index contributed by atoms with van der Waals surface area (Å²) in [5.74, 6) is 0.849. The average molecular weight is 434 g/mol. The van der Waals surface area contributed by atoms with Gasteiger partial charge < -0.3 is 20.3 Å². The minimum absolute atomic E-state index is 0. The van der Waals surface area contributed by atoms with Crippen LogP contribution in [0, 0.1) is 0 Å². The third kappa shape index (κ3) is 9.65. The maximum atomic E-state index is 5.31. The number of halogens is 1. The summed E-state index contributed by atoms with van der Waals surface area (Å²) >= 11 is 0. The summed E-state index contributed by atoms with van der Waals surface area (Å²) in [6.45, 7) is 5.32. The van der Waals surface area contributed by atoms with Crippen LogP contribution in [0.1, 0.15) is 18.9 Å². The van der Waals surface area contributed by atoms with Crippen LogP contribution in [0.2, 0.25) is 0 Å². The average Bonchev–Trinajstić information content (AvgIpc) is 2.53. The zero-order valence-corrected chi connectivity index (χ0v) is 17.1. The summed E-state index contributed by atoms with van der Waals surface area (Å²) in [5, 5.41) is 6.62. The number of ether oxygens (including phenoxy) is 1. The van der Waals surface area contributed by atoms with Crippen LogP contribution < -0.4 is 15.5 Å². The van der Waals surface area contributed by atoms with E-state index in [0.29, 0.717) is 0 Å². The molecule has 132 valence electrons. The molecule has 0 aliphatic rings. The van der Waals surface area contributed by atoms with Gasteiger partial charge in [0.1, 0.15) is 0 Å². The fourth-order valence-corrected chi connectivity index (χ4v) is 2.03. The van der Waals surface area contributed by atoms with Crippen molar-refractivity contribution in [3.8, 4) is 0 Å². The third-order valence-corrected chi connectivity index (χ3v) is 3.34. The molecular formula is C17H31IN4O. The summed E-state index contributed by atoms with van der Waals surface area (Å²) in [6, 6.07) is 8.65. The molecule has 0 saturated heterocycles. The standard InChI is InChI=1S/C17H30N4O.HI/c1-5-22-14-6-12-19-17(18-2)20-13-11-15-7-9-16(10-8-15)21(3)4;/h7-10H,5-6,11-14H2,1-4H3,(H2,18,19,20);1H. The number of hydrogen-bond donors (Lipinski definition) is 2. The van der Waals surface area contributed by atoms with Crippen molar-refractivity contribution < 1.29 is 4.74 Å². The van der Waals surface area contributed by atoms with Gasteiger partial charge in [0.05, 0.1) is 0 Å². The first kappa shape index (κ1) is 22.0. The van der Waals surface area contributed by atoms with Crippen molar-refractivity contribution in [3.63, 3.8) is 0 Å². The fraction of sp³-hybridized carbons (Fsp3) is 0.588. The van der Waals surface area contributed by atoms with E-state index in [1.165, 1.54) is 11.3 Å². The van der Waals surface area contributed by atoms with E-state index in [4.69, 9.17) is 4.74 Å². The zero-order chi connectivity index (χ0) is 16.2. The summed E-state index contributed by atoms with van der Waals surface area (Å²) < 4.78 is 5.31. The van der Waals surface area contributed by atoms with Crippen LogP contribution in [0.3, 0.4) is 0 Å². The zero-order valence-electron chi connectivity index (χ0n) is 14.8. The van der Waals surface area contributed by atoms with E-state index in [1.54, 1.807) is 7.05 Å². The van der Waals surface area contributed by atoms with Crippen molar-refractivity contribution in [1.29, 1.82) is 0 Å². The Morgan fingerprint density at radius 2 is 1.78 bits per heavy atom. The van der Waals surface area contributed by atoms with Gasteiger partial charge in [-0.25, -0.2) is 0 Å². The highest BCUT2D eigenvalue weighted by Gasteiger charge is 1.99. The Morgan fingerprint density at radius 1 is 1.13 bits per heavy atom. The van der Waals surface area contributed by atoms with Crippen LogP contribution in [0.25, 0.3) is 0 Å². The summed E-state index contributed by atoms with van der Waals surface area (Å²) in [4.78, 5) is 6.33. The lowest BCUT2D eigenvalue weighted by molar-refractivity contribution is 0.145. The lowest BCUT2D eigenvalue weighted by Gasteiger charge is -2.14. The second-order valence-corrected chi connectivity index (χ2v) is 5.29. The highest BCUT2D eigenvalue weighted by molar-refractivity contribution is 14.0. The molecule has 2 N–H and O–H groups in total. The maximum absolute atomic E-state index is 5.31. The monoisotopic (exact) mass is 434 g/mol. The van der Waals surface area contributed by atoms with Crippen LogP contribution in [-0.4, -0.2) is 53.4 Å². The van der Waals surface area contributed by atoms with Gasteiger partial charge in [-0.2, -0.15) is 0 Å². The van der Waals surface area contributed by atoms with E-state index in [1.807, 2.05) is 6.92 Å². The highest BCUT2D eigenvalue weighted by atomic mass is 127. The molecule has 0 heterocycles. The van der Waals surface area contributed by atoms with E-state index in [2.05, 4.69) is 58.9 Å². The second kappa shape index (κ2) is 13.4. The molecule has 1 aromatic rings. The minimum atomic E-state index is 0. The smallest absolute Gasteiger partial charge is 0.190 e. The first-order valence-corrected chi connectivity index (χ1v) is 7.96. The topological polar surface area (TPSA) is 48.9 Å². The molecule has 0 bridgehead atoms. The second-order valence-electron chi connectivity index (χ2n) is 5.29. The van der Waals surface area contributed by atoms with Crippen molar-refractivity contribution in [1.82, 2.24) is 10.6 Å². The van der Waals surface area contributed by atoms with E-state index in [0.717, 1.165) is 45.1 Å². The molecule has 0 fully saturated rings. The number of benzene rings is 1. The lowest BCUT2D eigenvalue weighted by atomic mass is 10.1. The van der Waals surface area contributed by atoms with E-state index >= 15 is 0 Å². The van der Waals surface area contributed by atoms with Crippen LogP contribution in [0.5, 0.6) is 0 Å². The first-order valence-electron chi connectivity index (χ1n) is 7.96. The quantitative estimate of drug-likeness (QED) is 0.272. The molecule has 0 amide bonds. The Kier molecular flexibility index (Phi) is 12.8. The van der Waals surface area contributed by atoms with Gasteiger partial charge in [-0.1, -0.05) is 12.1 Å². The molecule has 0 atom stereocenters. The van der Waals surface area contributed by atoms with Crippen LogP contribution >= 0.6 is 24.0 Å². The number of nitrogens with one attached hydrogen (secondary N) is 2. The molecule has 0 spiro atoms. The molecule has 23 heavy (non-hydrogen) atoms. The first-order chi connectivity index (χ1) is 10.7. The molecule has 0 aliphatic heterocycles. The number of aliphatic imine (C=N–C) groups is 1. The summed E-state index contributed by atoms with van der Waals surface area (Å²) in [7, 11) is 5.90. The van der Waals surface area contributed by atoms with E-state index in [9.17, 15) is 0 Å². The SMILES string of the molecule is CCOCCCNC(=NC)NCCc1ccc(N(C)C)cc1.I. The highest BCUT2D eigenvalue weighted by Crippen LogP contribution is 2.12. The van der Waals surface area contributed by atoms with Crippen LogP contribution in [0.4, 0.5) is 5.69 Å². The maximum Gasteiger partial charge on any atom is 0.190 e. The Labute approximate surface area is 157 Å². The molecule has 0 saturated carbocycles. The molecule has 0 unspecified atom stereocenters. The van der Waals surface area contributed by atoms with Gasteiger partial charge in [0.25, 0.3) is 0 Å². The number of hydrogen-bond acceptors (Lipinski definition) is 3. The number of nitrogens with zero attached hydrogens (tertiary/aromatic N) is 2. The minimum Gasteiger partial charge on any atom is -0.382 e. The third-order valence-electron chi connectivity index (χ3n) is 3.34. The van der Waals surface area contributed by atoms with Crippen LogP contribution in [0.15, 0.2) is 29.3 Å². The number of guanidine groups is 1. The lowest BCUT2D eigenvalue weighted by Crippen LogP contribution is -2.39. The molecule has 5 nitrogen and oxygen atoms in total. The molecule has 0 radical (unpaired) electrons. The number of rotatable bonds is 9. The predicted octanol–water partition coefficient (Wildman–Crippen LogP) is 2.50. The molecule has 1 aromatic carbocycles. The summed E-state index contributed by atoms with van der Waals surface area (Å²) in [6.07, 6.45) is 1.97. The van der Waals surface area contributed by atoms with Crippen molar-refractivity contribution in [2.75, 3.05) is 52.3 Å². The van der Waals surface area contributed by atoms with Crippen molar-refractivity contribution in [2.45, 2.75) is 19.8 Å². The van der Waals surface area contributed by atoms with E-state index in [-0.39, 0.29) is 24.0 Å². The predicted molar refractivity (Wildman–Crippen MR) is 110 cm³/mol. The molecule has 0 aromatic heterocycles. The van der Waals surface area contributed by atoms with Gasteiger partial charge in [0.2, 0.25) is 0 Å². The Balaban J connectivity index is 0.00000484. The normalized spacial score (nSPS) is 10.9. The number of anilines is 1.